The first kappa shape index (κ1) is 15.0. The van der Waals surface area contributed by atoms with Gasteiger partial charge in [-0.25, -0.2) is 0 Å². The van der Waals surface area contributed by atoms with Crippen LogP contribution in [0.2, 0.25) is 0 Å². The molecule has 2 fully saturated rings. The van der Waals surface area contributed by atoms with Crippen LogP contribution in [0.15, 0.2) is 0 Å². The Morgan fingerprint density at radius 2 is 1.95 bits per heavy atom. The largest absolute Gasteiger partial charge is 0.343 e. The van der Waals surface area contributed by atoms with Crippen molar-refractivity contribution in [3.05, 3.63) is 0 Å². The van der Waals surface area contributed by atoms with Gasteiger partial charge in [-0.05, 0) is 26.7 Å². The van der Waals surface area contributed by atoms with Crippen molar-refractivity contribution >= 4 is 17.7 Å². The third kappa shape index (κ3) is 3.17. The van der Waals surface area contributed by atoms with Crippen molar-refractivity contribution in [2.24, 2.45) is 0 Å². The molecule has 0 bridgehead atoms. The van der Waals surface area contributed by atoms with Crippen molar-refractivity contribution < 1.29 is 14.4 Å². The first-order valence-electron chi connectivity index (χ1n) is 7.37. The van der Waals surface area contributed by atoms with E-state index in [1.54, 1.807) is 0 Å². The van der Waals surface area contributed by atoms with Gasteiger partial charge in [-0.1, -0.05) is 0 Å². The molecule has 2 heterocycles. The van der Waals surface area contributed by atoms with Gasteiger partial charge in [0.15, 0.2) is 0 Å². The van der Waals surface area contributed by atoms with Gasteiger partial charge < -0.3 is 10.2 Å². The number of imide groups is 1. The molecule has 0 aromatic heterocycles. The summed E-state index contributed by atoms with van der Waals surface area (Å²) in [6.45, 7) is 5.80. The van der Waals surface area contributed by atoms with Crippen LogP contribution >= 0.6 is 0 Å². The molecule has 20 heavy (non-hydrogen) atoms. The first-order valence-corrected chi connectivity index (χ1v) is 7.37. The molecule has 6 nitrogen and oxygen atoms in total. The molecule has 2 rings (SSSR count). The van der Waals surface area contributed by atoms with Gasteiger partial charge in [0.2, 0.25) is 17.7 Å². The standard InChI is InChI=1S/C14H23N3O3/c1-10(2)17-13(19)9-11(14(17)20)15-6-5-12(18)16-7-3-4-8-16/h10-11,15H,3-9H2,1-2H3. The maximum absolute atomic E-state index is 12.0. The summed E-state index contributed by atoms with van der Waals surface area (Å²) in [5.74, 6) is -0.167. The topological polar surface area (TPSA) is 69.7 Å². The van der Waals surface area contributed by atoms with Gasteiger partial charge in [-0.15, -0.1) is 0 Å². The van der Waals surface area contributed by atoms with E-state index in [0.29, 0.717) is 13.0 Å². The summed E-state index contributed by atoms with van der Waals surface area (Å²) in [7, 11) is 0. The van der Waals surface area contributed by atoms with Crippen LogP contribution < -0.4 is 5.32 Å². The Labute approximate surface area is 119 Å². The minimum absolute atomic E-state index is 0.104. The average Bonchev–Trinajstić information content (AvgIpc) is 2.98. The zero-order chi connectivity index (χ0) is 14.7. The number of rotatable bonds is 5. The smallest absolute Gasteiger partial charge is 0.247 e. The van der Waals surface area contributed by atoms with Crippen molar-refractivity contribution in [3.8, 4) is 0 Å². The van der Waals surface area contributed by atoms with E-state index in [1.807, 2.05) is 18.7 Å². The number of hydrogen-bond donors (Lipinski definition) is 1. The molecule has 0 radical (unpaired) electrons. The predicted octanol–water partition coefficient (Wildman–Crippen LogP) is 0.124. The normalized spacial score (nSPS) is 23.2. The van der Waals surface area contributed by atoms with Gasteiger partial charge in [0.05, 0.1) is 12.5 Å². The van der Waals surface area contributed by atoms with Crippen molar-refractivity contribution in [1.29, 1.82) is 0 Å². The van der Waals surface area contributed by atoms with E-state index >= 15 is 0 Å². The highest BCUT2D eigenvalue weighted by Gasteiger charge is 2.39. The molecule has 1 N–H and O–H groups in total. The summed E-state index contributed by atoms with van der Waals surface area (Å²) in [4.78, 5) is 38.8. The third-order valence-electron chi connectivity index (χ3n) is 3.89. The van der Waals surface area contributed by atoms with E-state index in [4.69, 9.17) is 0 Å². The molecule has 0 aliphatic carbocycles. The number of carbonyl (C=O) groups is 3. The SMILES string of the molecule is CC(C)N1C(=O)CC(NCCC(=O)N2CCCC2)C1=O. The predicted molar refractivity (Wildman–Crippen MR) is 73.8 cm³/mol. The maximum Gasteiger partial charge on any atom is 0.247 e. The fourth-order valence-corrected chi connectivity index (χ4v) is 2.83. The number of nitrogens with one attached hydrogen (secondary N) is 1. The Morgan fingerprint density at radius 3 is 2.50 bits per heavy atom. The Bertz CT molecular complexity index is 402. The number of hydrogen-bond acceptors (Lipinski definition) is 4. The van der Waals surface area contributed by atoms with Crippen LogP contribution in [-0.2, 0) is 14.4 Å². The van der Waals surface area contributed by atoms with Crippen LogP contribution in [0.1, 0.15) is 39.5 Å². The van der Waals surface area contributed by atoms with Crippen LogP contribution in [0.4, 0.5) is 0 Å². The number of carbonyl (C=O) groups excluding carboxylic acids is 3. The second-order valence-electron chi connectivity index (χ2n) is 5.74. The van der Waals surface area contributed by atoms with E-state index in [9.17, 15) is 14.4 Å². The fourth-order valence-electron chi connectivity index (χ4n) is 2.83. The summed E-state index contributed by atoms with van der Waals surface area (Å²) in [6.07, 6.45) is 2.75. The van der Waals surface area contributed by atoms with Crippen LogP contribution in [0.3, 0.4) is 0 Å². The number of amides is 3. The lowest BCUT2D eigenvalue weighted by Gasteiger charge is -2.19. The molecule has 2 aliphatic rings. The summed E-state index contributed by atoms with van der Waals surface area (Å²) in [5, 5.41) is 3.04. The lowest BCUT2D eigenvalue weighted by atomic mass is 10.2. The van der Waals surface area contributed by atoms with Gasteiger partial charge in [0, 0.05) is 32.1 Å². The van der Waals surface area contributed by atoms with Crippen molar-refractivity contribution in [3.63, 3.8) is 0 Å². The molecular formula is C14H23N3O3. The van der Waals surface area contributed by atoms with E-state index in [2.05, 4.69) is 5.32 Å². The Kier molecular flexibility index (Phi) is 4.75. The van der Waals surface area contributed by atoms with Crippen LogP contribution in [0, 0.1) is 0 Å². The van der Waals surface area contributed by atoms with E-state index < -0.39 is 6.04 Å². The molecule has 112 valence electrons. The van der Waals surface area contributed by atoms with Crippen LogP contribution in [0.25, 0.3) is 0 Å². The first-order chi connectivity index (χ1) is 9.50. The van der Waals surface area contributed by atoms with E-state index in [-0.39, 0.29) is 30.2 Å². The molecule has 0 saturated carbocycles. The Hall–Kier alpha value is -1.43. The molecular weight excluding hydrogens is 258 g/mol. The fraction of sp³-hybridized carbons (Fsp3) is 0.786. The highest BCUT2D eigenvalue weighted by molar-refractivity contribution is 6.05. The highest BCUT2D eigenvalue weighted by Crippen LogP contribution is 2.16. The van der Waals surface area contributed by atoms with Gasteiger partial charge in [-0.2, -0.15) is 0 Å². The zero-order valence-electron chi connectivity index (χ0n) is 12.2. The van der Waals surface area contributed by atoms with Gasteiger partial charge in [0.1, 0.15) is 0 Å². The highest BCUT2D eigenvalue weighted by atomic mass is 16.2. The third-order valence-corrected chi connectivity index (χ3v) is 3.89. The van der Waals surface area contributed by atoms with E-state index in [0.717, 1.165) is 25.9 Å². The minimum atomic E-state index is -0.462. The van der Waals surface area contributed by atoms with Gasteiger partial charge >= 0.3 is 0 Å². The lowest BCUT2D eigenvalue weighted by Crippen LogP contribution is -2.42. The quantitative estimate of drug-likeness (QED) is 0.727. The van der Waals surface area contributed by atoms with Crippen molar-refractivity contribution in [2.45, 2.75) is 51.6 Å². The second kappa shape index (κ2) is 6.35. The minimum Gasteiger partial charge on any atom is -0.343 e. The second-order valence-corrected chi connectivity index (χ2v) is 5.74. The molecule has 1 atom stereocenters. The van der Waals surface area contributed by atoms with Gasteiger partial charge in [0.25, 0.3) is 0 Å². The Morgan fingerprint density at radius 1 is 1.30 bits per heavy atom. The summed E-state index contributed by atoms with van der Waals surface area (Å²) in [6, 6.07) is -0.565. The molecule has 2 aliphatic heterocycles. The van der Waals surface area contributed by atoms with Gasteiger partial charge in [-0.3, -0.25) is 19.3 Å². The molecule has 0 spiro atoms. The number of nitrogens with zero attached hydrogens (tertiary/aromatic N) is 2. The molecule has 0 aromatic carbocycles. The molecule has 0 aromatic rings. The summed E-state index contributed by atoms with van der Waals surface area (Å²) < 4.78 is 0. The molecule has 2 saturated heterocycles. The van der Waals surface area contributed by atoms with Crippen LogP contribution in [0.5, 0.6) is 0 Å². The molecule has 1 unspecified atom stereocenters. The van der Waals surface area contributed by atoms with Crippen LogP contribution in [-0.4, -0.2) is 59.2 Å². The average molecular weight is 281 g/mol. The molecule has 6 heteroatoms. The summed E-state index contributed by atoms with van der Waals surface area (Å²) >= 11 is 0. The number of likely N-dealkylation sites (tertiary alicyclic amines) is 2. The van der Waals surface area contributed by atoms with E-state index in [1.165, 1.54) is 4.90 Å². The zero-order valence-corrected chi connectivity index (χ0v) is 12.2. The Balaban J connectivity index is 1.76. The van der Waals surface area contributed by atoms with Crippen molar-refractivity contribution in [2.75, 3.05) is 19.6 Å². The monoisotopic (exact) mass is 281 g/mol. The summed E-state index contributed by atoms with van der Waals surface area (Å²) in [5.41, 5.74) is 0. The maximum atomic E-state index is 12.0. The lowest BCUT2D eigenvalue weighted by molar-refractivity contribution is -0.141. The van der Waals surface area contributed by atoms with Crippen molar-refractivity contribution in [1.82, 2.24) is 15.1 Å². The molecule has 3 amide bonds.